The molecule has 0 bridgehead atoms. The van der Waals surface area contributed by atoms with E-state index in [0.29, 0.717) is 38.0 Å². The standard InChI is InChI=1S/C38H43N3O9/c1-4-32(41(25-42)49-23-27-15-11-8-12-16-27)29(18-17-26-13-9-7-10-14-26)36(44)39-24-40-37(45)34-20-19-33(50-34)30-21-28(47-5-2)22-31(35(30)43)38(46)48-6-3/h7-16,19-22,25,29,32,43H,4-6,17-18,23-24H2,1-3H3,(H,39,44)(H,40,45). The zero-order valence-corrected chi connectivity index (χ0v) is 28.4. The number of hydrogen-bond acceptors (Lipinski definition) is 9. The Hall–Kier alpha value is -5.62. The van der Waals surface area contributed by atoms with E-state index < -0.39 is 23.8 Å². The van der Waals surface area contributed by atoms with E-state index in [1.807, 2.05) is 67.6 Å². The molecule has 0 aliphatic heterocycles. The van der Waals surface area contributed by atoms with Crippen LogP contribution in [0.3, 0.4) is 0 Å². The van der Waals surface area contributed by atoms with Gasteiger partial charge in [0.05, 0.1) is 37.4 Å². The number of esters is 1. The van der Waals surface area contributed by atoms with Gasteiger partial charge in [-0.25, -0.2) is 9.86 Å². The summed E-state index contributed by atoms with van der Waals surface area (Å²) >= 11 is 0. The molecule has 4 rings (SSSR count). The number of hydrogen-bond donors (Lipinski definition) is 3. The van der Waals surface area contributed by atoms with E-state index in [1.54, 1.807) is 13.8 Å². The molecule has 0 fully saturated rings. The van der Waals surface area contributed by atoms with Crippen LogP contribution in [-0.4, -0.2) is 60.3 Å². The number of ether oxygens (including phenoxy) is 2. The molecule has 0 aliphatic carbocycles. The van der Waals surface area contributed by atoms with Crippen molar-refractivity contribution in [3.63, 3.8) is 0 Å². The van der Waals surface area contributed by atoms with E-state index in [0.717, 1.165) is 11.1 Å². The highest BCUT2D eigenvalue weighted by molar-refractivity contribution is 5.96. The Morgan fingerprint density at radius 3 is 2.24 bits per heavy atom. The zero-order chi connectivity index (χ0) is 35.9. The van der Waals surface area contributed by atoms with Crippen LogP contribution in [0.4, 0.5) is 0 Å². The lowest BCUT2D eigenvalue weighted by atomic mass is 9.90. The third-order valence-electron chi connectivity index (χ3n) is 7.96. The van der Waals surface area contributed by atoms with Crippen LogP contribution < -0.4 is 15.4 Å². The predicted octanol–water partition coefficient (Wildman–Crippen LogP) is 5.65. The fourth-order valence-corrected chi connectivity index (χ4v) is 5.48. The minimum absolute atomic E-state index is 0.0957. The van der Waals surface area contributed by atoms with Gasteiger partial charge in [0.25, 0.3) is 5.91 Å². The second-order valence-electron chi connectivity index (χ2n) is 11.2. The monoisotopic (exact) mass is 685 g/mol. The molecule has 264 valence electrons. The number of nitrogens with zero attached hydrogens (tertiary/aromatic N) is 1. The van der Waals surface area contributed by atoms with Gasteiger partial charge in [0.2, 0.25) is 12.3 Å². The van der Waals surface area contributed by atoms with Crippen molar-refractivity contribution < 1.29 is 43.0 Å². The van der Waals surface area contributed by atoms with Crippen molar-refractivity contribution in [3.8, 4) is 22.8 Å². The summed E-state index contributed by atoms with van der Waals surface area (Å²) in [5, 5.41) is 17.5. The molecule has 3 amide bonds. The predicted molar refractivity (Wildman–Crippen MR) is 185 cm³/mol. The Labute approximate surface area is 291 Å². The minimum Gasteiger partial charge on any atom is -0.506 e. The minimum atomic E-state index is -0.737. The first kappa shape index (κ1) is 37.2. The van der Waals surface area contributed by atoms with E-state index in [4.69, 9.17) is 18.7 Å². The van der Waals surface area contributed by atoms with Crippen molar-refractivity contribution in [3.05, 3.63) is 107 Å². The number of rotatable bonds is 19. The quantitative estimate of drug-likeness (QED) is 0.0491. The SMILES string of the molecule is CCOC(=O)c1cc(OCC)cc(-c2ccc(C(=O)NCNC(=O)C(CCc3ccccc3)C(CC)N(C=O)OCc3ccccc3)o2)c1O. The van der Waals surface area contributed by atoms with E-state index >= 15 is 0 Å². The maximum atomic E-state index is 13.7. The summed E-state index contributed by atoms with van der Waals surface area (Å²) in [6.07, 6.45) is 2.03. The van der Waals surface area contributed by atoms with Gasteiger partial charge in [0, 0.05) is 0 Å². The van der Waals surface area contributed by atoms with Crippen molar-refractivity contribution in [2.45, 2.75) is 52.7 Å². The van der Waals surface area contributed by atoms with E-state index in [9.17, 15) is 24.3 Å². The largest absolute Gasteiger partial charge is 0.506 e. The molecular weight excluding hydrogens is 642 g/mol. The molecule has 0 saturated heterocycles. The lowest BCUT2D eigenvalue weighted by molar-refractivity contribution is -0.200. The summed E-state index contributed by atoms with van der Waals surface area (Å²) in [4.78, 5) is 57.2. The molecule has 3 aromatic carbocycles. The second-order valence-corrected chi connectivity index (χ2v) is 11.2. The fraction of sp³-hybridized carbons (Fsp3) is 0.316. The number of amides is 3. The van der Waals surface area contributed by atoms with Gasteiger partial charge in [-0.3, -0.25) is 19.2 Å². The van der Waals surface area contributed by atoms with Gasteiger partial charge in [-0.1, -0.05) is 67.6 Å². The van der Waals surface area contributed by atoms with Gasteiger partial charge < -0.3 is 29.6 Å². The molecule has 4 aromatic rings. The third kappa shape index (κ3) is 9.95. The number of phenolic OH excluding ortho intramolecular Hbond substituents is 1. The first-order valence-corrected chi connectivity index (χ1v) is 16.6. The van der Waals surface area contributed by atoms with E-state index in [2.05, 4.69) is 10.6 Å². The second kappa shape index (κ2) is 18.8. The highest BCUT2D eigenvalue weighted by atomic mass is 16.7. The van der Waals surface area contributed by atoms with Crippen LogP contribution in [-0.2, 0) is 32.2 Å². The lowest BCUT2D eigenvalue weighted by Gasteiger charge is -2.32. The maximum Gasteiger partial charge on any atom is 0.342 e. The number of benzene rings is 3. The number of phenols is 1. The molecule has 12 nitrogen and oxygen atoms in total. The molecule has 2 unspecified atom stereocenters. The molecule has 3 N–H and O–H groups in total. The summed E-state index contributed by atoms with van der Waals surface area (Å²) in [6.45, 7) is 5.65. The van der Waals surface area contributed by atoms with Gasteiger partial charge in [-0.2, -0.15) is 0 Å². The van der Waals surface area contributed by atoms with Gasteiger partial charge in [-0.15, -0.1) is 0 Å². The zero-order valence-electron chi connectivity index (χ0n) is 28.4. The molecule has 0 spiro atoms. The van der Waals surface area contributed by atoms with Gasteiger partial charge in [0.1, 0.15) is 29.4 Å². The van der Waals surface area contributed by atoms with Crippen molar-refractivity contribution in [1.29, 1.82) is 0 Å². The van der Waals surface area contributed by atoms with Crippen LogP contribution in [0.2, 0.25) is 0 Å². The number of aromatic hydroxyl groups is 1. The number of nitrogens with one attached hydrogen (secondary N) is 2. The number of furan rings is 1. The van der Waals surface area contributed by atoms with E-state index in [1.165, 1.54) is 29.3 Å². The molecule has 12 heteroatoms. The maximum absolute atomic E-state index is 13.7. The molecule has 50 heavy (non-hydrogen) atoms. The number of carbonyl (C=O) groups excluding carboxylic acids is 4. The van der Waals surface area contributed by atoms with Crippen molar-refractivity contribution in [1.82, 2.24) is 15.7 Å². The first-order valence-electron chi connectivity index (χ1n) is 16.6. The Bertz CT molecular complexity index is 1710. The Morgan fingerprint density at radius 2 is 1.60 bits per heavy atom. The highest BCUT2D eigenvalue weighted by Crippen LogP contribution is 2.37. The Morgan fingerprint density at radius 1 is 0.900 bits per heavy atom. The molecule has 0 radical (unpaired) electrons. The van der Waals surface area contributed by atoms with Crippen LogP contribution >= 0.6 is 0 Å². The van der Waals surface area contributed by atoms with Gasteiger partial charge >= 0.3 is 5.97 Å². The third-order valence-corrected chi connectivity index (χ3v) is 7.96. The number of aryl methyl sites for hydroxylation is 1. The summed E-state index contributed by atoms with van der Waals surface area (Å²) in [7, 11) is 0. The van der Waals surface area contributed by atoms with Crippen molar-refractivity contribution in [2.75, 3.05) is 19.9 Å². The molecule has 0 saturated carbocycles. The molecule has 2 atom stereocenters. The average molecular weight is 686 g/mol. The summed E-state index contributed by atoms with van der Waals surface area (Å²) < 4.78 is 16.4. The smallest absolute Gasteiger partial charge is 0.342 e. The number of carbonyl (C=O) groups is 4. The van der Waals surface area contributed by atoms with Crippen LogP contribution in [0.15, 0.2) is 89.3 Å². The van der Waals surface area contributed by atoms with Crippen LogP contribution in [0.1, 0.15) is 65.7 Å². The van der Waals surface area contributed by atoms with Gasteiger partial charge in [0.15, 0.2) is 5.76 Å². The Kier molecular flexibility index (Phi) is 14.0. The van der Waals surface area contributed by atoms with Crippen molar-refractivity contribution in [2.24, 2.45) is 5.92 Å². The van der Waals surface area contributed by atoms with Crippen molar-refractivity contribution >= 4 is 24.2 Å². The summed E-state index contributed by atoms with van der Waals surface area (Å²) in [5.41, 5.74) is 1.94. The van der Waals surface area contributed by atoms with Crippen LogP contribution in [0.5, 0.6) is 11.5 Å². The van der Waals surface area contributed by atoms with E-state index in [-0.39, 0.29) is 54.2 Å². The molecule has 1 heterocycles. The first-order chi connectivity index (χ1) is 24.3. The Balaban J connectivity index is 1.45. The fourth-order valence-electron chi connectivity index (χ4n) is 5.48. The highest BCUT2D eigenvalue weighted by Gasteiger charge is 2.32. The molecule has 0 aliphatic rings. The summed E-state index contributed by atoms with van der Waals surface area (Å²) in [6, 6.07) is 24.3. The average Bonchev–Trinajstić information content (AvgIpc) is 3.63. The van der Waals surface area contributed by atoms with Crippen LogP contribution in [0.25, 0.3) is 11.3 Å². The summed E-state index contributed by atoms with van der Waals surface area (Å²) in [5.74, 6) is -2.46. The van der Waals surface area contributed by atoms with Gasteiger partial charge in [-0.05, 0) is 68.5 Å². The number of hydroxylamine groups is 2. The van der Waals surface area contributed by atoms with Crippen LogP contribution in [0, 0.1) is 5.92 Å². The normalized spacial score (nSPS) is 12.0. The lowest BCUT2D eigenvalue weighted by Crippen LogP contribution is -2.48. The topological polar surface area (TPSA) is 157 Å². The molecular formula is C38H43N3O9. The molecule has 1 aromatic heterocycles.